The van der Waals surface area contributed by atoms with Crippen molar-refractivity contribution in [2.75, 3.05) is 6.61 Å². The van der Waals surface area contributed by atoms with Gasteiger partial charge in [0.25, 0.3) is 0 Å². The molecule has 27 heavy (non-hydrogen) atoms. The molecule has 6 nitrogen and oxygen atoms in total. The molecule has 0 aromatic carbocycles. The molecule has 1 saturated heterocycles. The minimum atomic E-state index is -1.01. The van der Waals surface area contributed by atoms with E-state index in [4.69, 9.17) is 18.9 Å². The molecule has 6 heteroatoms. The second-order valence-electron chi connectivity index (χ2n) is 7.42. The van der Waals surface area contributed by atoms with Gasteiger partial charge in [0.2, 0.25) is 5.79 Å². The van der Waals surface area contributed by atoms with E-state index in [1.165, 1.54) is 0 Å². The van der Waals surface area contributed by atoms with Gasteiger partial charge in [0.1, 0.15) is 18.3 Å². The van der Waals surface area contributed by atoms with Crippen LogP contribution in [0.5, 0.6) is 0 Å². The smallest absolute Gasteiger partial charge is 0.334 e. The van der Waals surface area contributed by atoms with E-state index in [2.05, 4.69) is 13.2 Å². The van der Waals surface area contributed by atoms with Crippen molar-refractivity contribution >= 4 is 11.9 Å². The van der Waals surface area contributed by atoms with Crippen LogP contribution >= 0.6 is 0 Å². The summed E-state index contributed by atoms with van der Waals surface area (Å²) in [5.41, 5.74) is 2.40. The van der Waals surface area contributed by atoms with E-state index >= 15 is 0 Å². The zero-order valence-electron chi connectivity index (χ0n) is 16.2. The Bertz CT molecular complexity index is 761. The topological polar surface area (TPSA) is 71.1 Å². The summed E-state index contributed by atoms with van der Waals surface area (Å²) in [4.78, 5) is 24.5. The van der Waals surface area contributed by atoms with Gasteiger partial charge >= 0.3 is 11.9 Å². The molecule has 3 heterocycles. The number of carbonyl (C=O) groups excluding carboxylic acids is 2. The van der Waals surface area contributed by atoms with Crippen LogP contribution in [0.4, 0.5) is 0 Å². The van der Waals surface area contributed by atoms with Gasteiger partial charge in [0, 0.05) is 24.2 Å². The lowest BCUT2D eigenvalue weighted by atomic mass is 9.83. The molecule has 146 valence electrons. The molecule has 0 amide bonds. The monoisotopic (exact) mass is 374 g/mol. The Balaban J connectivity index is 2.06. The lowest BCUT2D eigenvalue weighted by Gasteiger charge is -2.30. The zero-order chi connectivity index (χ0) is 19.9. The third kappa shape index (κ3) is 3.51. The largest absolute Gasteiger partial charge is 0.458 e. The third-order valence-corrected chi connectivity index (χ3v) is 5.10. The van der Waals surface area contributed by atoms with Crippen molar-refractivity contribution in [2.45, 2.75) is 58.2 Å². The summed E-state index contributed by atoms with van der Waals surface area (Å²) in [6.45, 7) is 15.3. The molecule has 0 radical (unpaired) electrons. The van der Waals surface area contributed by atoms with Crippen molar-refractivity contribution in [3.63, 3.8) is 0 Å². The molecule has 0 aromatic rings. The number of ether oxygens (including phenoxy) is 4. The van der Waals surface area contributed by atoms with Crippen molar-refractivity contribution < 1.29 is 28.5 Å². The summed E-state index contributed by atoms with van der Waals surface area (Å²) in [6, 6.07) is 0. The van der Waals surface area contributed by atoms with Crippen molar-refractivity contribution in [1.82, 2.24) is 0 Å². The number of hydrogen-bond acceptors (Lipinski definition) is 6. The van der Waals surface area contributed by atoms with Crippen LogP contribution in [0.15, 0.2) is 47.6 Å². The Morgan fingerprint density at radius 1 is 1.37 bits per heavy atom. The fourth-order valence-electron chi connectivity index (χ4n) is 3.96. The summed E-state index contributed by atoms with van der Waals surface area (Å²) >= 11 is 0. The first-order valence-electron chi connectivity index (χ1n) is 9.13. The normalized spacial score (nSPS) is 37.2. The fraction of sp³-hybridized carbons (Fsp3) is 0.524. The second kappa shape index (κ2) is 7.09. The molecular weight excluding hydrogens is 348 g/mol. The van der Waals surface area contributed by atoms with Crippen molar-refractivity contribution in [1.29, 1.82) is 0 Å². The third-order valence-electron chi connectivity index (χ3n) is 5.10. The molecule has 0 saturated carbocycles. The molecule has 2 bridgehead atoms. The van der Waals surface area contributed by atoms with Crippen LogP contribution in [-0.2, 0) is 28.5 Å². The molecule has 0 spiro atoms. The van der Waals surface area contributed by atoms with Crippen LogP contribution in [0, 0.1) is 5.92 Å². The van der Waals surface area contributed by atoms with Crippen molar-refractivity contribution in [3.05, 3.63) is 47.6 Å². The fourth-order valence-corrected chi connectivity index (χ4v) is 3.96. The molecule has 3 aliphatic rings. The van der Waals surface area contributed by atoms with Gasteiger partial charge in [-0.3, -0.25) is 0 Å². The van der Waals surface area contributed by atoms with Crippen LogP contribution in [0.25, 0.3) is 0 Å². The first kappa shape index (κ1) is 19.6. The highest BCUT2D eigenvalue weighted by Gasteiger charge is 2.54. The summed E-state index contributed by atoms with van der Waals surface area (Å²) < 4.78 is 23.4. The Labute approximate surface area is 159 Å². The van der Waals surface area contributed by atoms with Gasteiger partial charge in [0.05, 0.1) is 5.92 Å². The van der Waals surface area contributed by atoms with E-state index in [0.717, 1.165) is 11.1 Å². The van der Waals surface area contributed by atoms with E-state index in [9.17, 15) is 9.59 Å². The molecule has 0 aromatic heterocycles. The van der Waals surface area contributed by atoms with Crippen LogP contribution in [-0.4, -0.2) is 42.6 Å². The number of carbonyl (C=O) groups is 2. The number of hydrogen-bond donors (Lipinski definition) is 0. The maximum atomic E-state index is 12.3. The van der Waals surface area contributed by atoms with Crippen molar-refractivity contribution in [2.24, 2.45) is 5.92 Å². The zero-order valence-corrected chi connectivity index (χ0v) is 16.2. The van der Waals surface area contributed by atoms with Crippen LogP contribution in [0.1, 0.15) is 34.1 Å². The van der Waals surface area contributed by atoms with E-state index in [1.54, 1.807) is 6.92 Å². The highest BCUT2D eigenvalue weighted by Crippen LogP contribution is 2.44. The van der Waals surface area contributed by atoms with Gasteiger partial charge in [0.15, 0.2) is 0 Å². The molecule has 0 aliphatic carbocycles. The second-order valence-corrected chi connectivity index (χ2v) is 7.42. The van der Waals surface area contributed by atoms with Gasteiger partial charge in [-0.2, -0.15) is 0 Å². The first-order valence-corrected chi connectivity index (χ1v) is 9.13. The predicted molar refractivity (Wildman–Crippen MR) is 98.6 cm³/mol. The van der Waals surface area contributed by atoms with Gasteiger partial charge in [-0.05, 0) is 45.4 Å². The molecular formula is C21H26O6. The summed E-state index contributed by atoms with van der Waals surface area (Å²) in [6.07, 6.45) is 2.48. The molecule has 0 unspecified atom stereocenters. The average Bonchev–Trinajstić information content (AvgIpc) is 3.04. The maximum absolute atomic E-state index is 12.3. The number of esters is 2. The molecule has 3 rings (SSSR count). The van der Waals surface area contributed by atoms with E-state index in [0.29, 0.717) is 24.2 Å². The maximum Gasteiger partial charge on any atom is 0.334 e. The standard InChI is InChI=1S/C21H26O6/c1-7-24-21-9-12(4)8-15(25-19(22)11(2)3)16-14(6)20(23)26-18(16)17(27-21)13(5)10-21/h9-10,15-18H,2,6-8H2,1,3-5H3/b12-9-/t15-,16+,17+,18-,21-/m0/s1. The Hall–Kier alpha value is -2.18. The van der Waals surface area contributed by atoms with Gasteiger partial charge in [-0.15, -0.1) is 0 Å². The summed E-state index contributed by atoms with van der Waals surface area (Å²) in [5.74, 6) is -2.51. The summed E-state index contributed by atoms with van der Waals surface area (Å²) in [7, 11) is 0. The quantitative estimate of drug-likeness (QED) is 0.428. The van der Waals surface area contributed by atoms with Gasteiger partial charge in [-0.25, -0.2) is 9.59 Å². The van der Waals surface area contributed by atoms with E-state index in [1.807, 2.05) is 32.9 Å². The molecule has 3 aliphatic heterocycles. The van der Waals surface area contributed by atoms with Crippen LogP contribution < -0.4 is 0 Å². The van der Waals surface area contributed by atoms with E-state index in [-0.39, 0.29) is 0 Å². The Morgan fingerprint density at radius 2 is 2.07 bits per heavy atom. The number of fused-ring (bicyclic) bond motifs is 4. The molecule has 0 N–H and O–H groups in total. The first-order chi connectivity index (χ1) is 12.7. The lowest BCUT2D eigenvalue weighted by molar-refractivity contribution is -0.198. The highest BCUT2D eigenvalue weighted by molar-refractivity contribution is 5.91. The highest BCUT2D eigenvalue weighted by atomic mass is 16.7. The Kier molecular flexibility index (Phi) is 5.14. The molecule has 5 atom stereocenters. The Morgan fingerprint density at radius 3 is 2.70 bits per heavy atom. The SMILES string of the molecule is C=C(C)C(=O)O[C@H]1C/C(C)=C\[C@@]2(OCC)C=C(C)[C@@H](O2)[C@H]2OC(=O)C(=C)[C@@H]21. The van der Waals surface area contributed by atoms with Gasteiger partial charge < -0.3 is 18.9 Å². The lowest BCUT2D eigenvalue weighted by Crippen LogP contribution is -2.42. The van der Waals surface area contributed by atoms with Crippen LogP contribution in [0.3, 0.4) is 0 Å². The number of rotatable bonds is 4. The summed E-state index contributed by atoms with van der Waals surface area (Å²) in [5, 5.41) is 0. The van der Waals surface area contributed by atoms with Crippen LogP contribution in [0.2, 0.25) is 0 Å². The van der Waals surface area contributed by atoms with E-state index < -0.39 is 42.0 Å². The van der Waals surface area contributed by atoms with Crippen molar-refractivity contribution in [3.8, 4) is 0 Å². The minimum absolute atomic E-state index is 0.291. The minimum Gasteiger partial charge on any atom is -0.458 e. The predicted octanol–water partition coefficient (Wildman–Crippen LogP) is 3.00. The van der Waals surface area contributed by atoms with Gasteiger partial charge in [-0.1, -0.05) is 18.7 Å². The molecule has 1 fully saturated rings. The average molecular weight is 374 g/mol.